The van der Waals surface area contributed by atoms with Crippen LogP contribution in [0.15, 0.2) is 47.1 Å². The molecule has 0 aliphatic carbocycles. The van der Waals surface area contributed by atoms with Crippen molar-refractivity contribution in [1.82, 2.24) is 14.7 Å². The van der Waals surface area contributed by atoms with E-state index in [1.54, 1.807) is 43.1 Å². The van der Waals surface area contributed by atoms with Crippen LogP contribution in [0.5, 0.6) is 5.75 Å². The second-order valence-corrected chi connectivity index (χ2v) is 4.79. The van der Waals surface area contributed by atoms with E-state index in [-0.39, 0.29) is 12.5 Å². The highest BCUT2D eigenvalue weighted by atomic mass is 16.6. The van der Waals surface area contributed by atoms with Gasteiger partial charge in [-0.05, 0) is 24.3 Å². The Kier molecular flexibility index (Phi) is 4.09. The highest BCUT2D eigenvalue weighted by Gasteiger charge is 2.15. The molecule has 0 bridgehead atoms. The van der Waals surface area contributed by atoms with Crippen molar-refractivity contribution in [3.63, 3.8) is 0 Å². The van der Waals surface area contributed by atoms with Crippen LogP contribution in [-0.4, -0.2) is 27.8 Å². The molecule has 7 heteroatoms. The minimum atomic E-state index is -0.449. The summed E-state index contributed by atoms with van der Waals surface area (Å²) in [6.45, 7) is -0.0911. The minimum absolute atomic E-state index is 0.0911. The number of esters is 1. The van der Waals surface area contributed by atoms with E-state index >= 15 is 0 Å². The summed E-state index contributed by atoms with van der Waals surface area (Å²) in [5.41, 5.74) is 1.16. The first-order valence-electron chi connectivity index (χ1n) is 6.93. The van der Waals surface area contributed by atoms with Crippen molar-refractivity contribution in [3.05, 3.63) is 54.2 Å². The molecule has 0 unspecified atom stereocenters. The number of aryl methyl sites for hydroxylation is 1. The largest absolute Gasteiger partial charge is 0.496 e. The number of methoxy groups -OCH3 is 1. The smallest absolute Gasteiger partial charge is 0.355 e. The Morgan fingerprint density at radius 3 is 2.83 bits per heavy atom. The third-order valence-electron chi connectivity index (χ3n) is 3.30. The maximum absolute atomic E-state index is 11.9. The average Bonchev–Trinajstić information content (AvgIpc) is 3.21. The topological polar surface area (TPSA) is 79.4 Å². The van der Waals surface area contributed by atoms with Crippen LogP contribution in [0.2, 0.25) is 0 Å². The molecule has 2 aromatic heterocycles. The van der Waals surface area contributed by atoms with E-state index in [0.29, 0.717) is 22.8 Å². The van der Waals surface area contributed by atoms with Gasteiger partial charge < -0.3 is 18.6 Å². The van der Waals surface area contributed by atoms with Crippen LogP contribution in [0.1, 0.15) is 16.4 Å². The fraction of sp³-hybridized carbons (Fsp3) is 0.188. The lowest BCUT2D eigenvalue weighted by Gasteiger charge is -2.03. The number of ether oxygens (including phenoxy) is 2. The lowest BCUT2D eigenvalue weighted by atomic mass is 10.2. The molecule has 7 nitrogen and oxygen atoms in total. The van der Waals surface area contributed by atoms with Crippen LogP contribution >= 0.6 is 0 Å². The number of aromatic nitrogens is 3. The Bertz CT molecular complexity index is 822. The minimum Gasteiger partial charge on any atom is -0.496 e. The molecule has 0 radical (unpaired) electrons. The maximum atomic E-state index is 11.9. The molecule has 0 fully saturated rings. The molecule has 2 heterocycles. The molecule has 0 saturated carbocycles. The molecule has 118 valence electrons. The Labute approximate surface area is 132 Å². The normalized spacial score (nSPS) is 10.5. The lowest BCUT2D eigenvalue weighted by molar-refractivity contribution is 0.0418. The van der Waals surface area contributed by atoms with Crippen molar-refractivity contribution in [2.45, 2.75) is 6.61 Å². The van der Waals surface area contributed by atoms with Gasteiger partial charge in [-0.15, -0.1) is 0 Å². The number of rotatable bonds is 5. The van der Waals surface area contributed by atoms with Gasteiger partial charge in [0.2, 0.25) is 5.82 Å². The van der Waals surface area contributed by atoms with Crippen molar-refractivity contribution < 1.29 is 18.8 Å². The predicted octanol–water partition coefficient (Wildman–Crippen LogP) is 2.44. The fourth-order valence-corrected chi connectivity index (χ4v) is 2.13. The second-order valence-electron chi connectivity index (χ2n) is 4.79. The van der Waals surface area contributed by atoms with Crippen molar-refractivity contribution in [2.75, 3.05) is 7.11 Å². The second kappa shape index (κ2) is 6.35. The zero-order valence-corrected chi connectivity index (χ0v) is 12.7. The van der Waals surface area contributed by atoms with Crippen LogP contribution in [0.4, 0.5) is 0 Å². The van der Waals surface area contributed by atoms with E-state index in [1.165, 1.54) is 0 Å². The van der Waals surface area contributed by atoms with E-state index in [0.717, 1.165) is 0 Å². The number of carbonyl (C=O) groups excluding carboxylic acids is 1. The number of nitrogens with zero attached hydrogens (tertiary/aromatic N) is 3. The molecule has 0 aliphatic heterocycles. The summed E-state index contributed by atoms with van der Waals surface area (Å²) in [5, 5.41) is 3.89. The highest BCUT2D eigenvalue weighted by molar-refractivity contribution is 5.87. The van der Waals surface area contributed by atoms with E-state index < -0.39 is 5.97 Å². The number of para-hydroxylation sites is 1. The van der Waals surface area contributed by atoms with Crippen molar-refractivity contribution in [3.8, 4) is 17.1 Å². The quantitative estimate of drug-likeness (QED) is 0.673. The van der Waals surface area contributed by atoms with E-state index in [4.69, 9.17) is 14.0 Å². The predicted molar refractivity (Wildman–Crippen MR) is 80.8 cm³/mol. The van der Waals surface area contributed by atoms with Gasteiger partial charge >= 0.3 is 5.97 Å². The molecule has 0 aliphatic rings. The van der Waals surface area contributed by atoms with E-state index in [2.05, 4.69) is 10.1 Å². The zero-order chi connectivity index (χ0) is 16.2. The molecule has 0 spiro atoms. The Balaban J connectivity index is 1.70. The third kappa shape index (κ3) is 3.08. The SMILES string of the molecule is COc1ccccc1-c1noc(COC(=O)c2cccn2C)n1. The van der Waals surface area contributed by atoms with Gasteiger partial charge in [-0.3, -0.25) is 0 Å². The van der Waals surface area contributed by atoms with E-state index in [1.807, 2.05) is 18.2 Å². The molecule has 0 atom stereocenters. The summed E-state index contributed by atoms with van der Waals surface area (Å²) in [6.07, 6.45) is 1.77. The van der Waals surface area contributed by atoms with Gasteiger partial charge in [0.1, 0.15) is 11.4 Å². The molecular formula is C16H15N3O4. The standard InChI is InChI=1S/C16H15N3O4/c1-19-9-5-7-12(19)16(20)22-10-14-17-15(18-23-14)11-6-3-4-8-13(11)21-2/h3-9H,10H2,1-2H3. The number of benzene rings is 1. The molecule has 0 saturated heterocycles. The van der Waals surface area contributed by atoms with Crippen LogP contribution in [-0.2, 0) is 18.4 Å². The van der Waals surface area contributed by atoms with Gasteiger partial charge in [0.05, 0.1) is 12.7 Å². The molecule has 0 amide bonds. The Hall–Kier alpha value is -3.09. The monoisotopic (exact) mass is 313 g/mol. The zero-order valence-electron chi connectivity index (χ0n) is 12.7. The van der Waals surface area contributed by atoms with Crippen LogP contribution < -0.4 is 4.74 Å². The van der Waals surface area contributed by atoms with Gasteiger partial charge in [0.25, 0.3) is 5.89 Å². The van der Waals surface area contributed by atoms with Gasteiger partial charge in [0.15, 0.2) is 6.61 Å². The summed E-state index contributed by atoms with van der Waals surface area (Å²) in [5.74, 6) is 0.788. The molecule has 0 N–H and O–H groups in total. The van der Waals surface area contributed by atoms with Crippen molar-refractivity contribution in [2.24, 2.45) is 7.05 Å². The summed E-state index contributed by atoms with van der Waals surface area (Å²) in [4.78, 5) is 16.1. The molecule has 1 aromatic carbocycles. The third-order valence-corrected chi connectivity index (χ3v) is 3.30. The Morgan fingerprint density at radius 2 is 2.09 bits per heavy atom. The van der Waals surface area contributed by atoms with Gasteiger partial charge in [0, 0.05) is 13.2 Å². The fourth-order valence-electron chi connectivity index (χ4n) is 2.13. The molecule has 3 rings (SSSR count). The summed E-state index contributed by atoms with van der Waals surface area (Å²) in [7, 11) is 3.34. The molecule has 23 heavy (non-hydrogen) atoms. The summed E-state index contributed by atoms with van der Waals surface area (Å²) in [6, 6.07) is 10.8. The van der Waals surface area contributed by atoms with Gasteiger partial charge in [-0.2, -0.15) is 4.98 Å². The summed E-state index contributed by atoms with van der Waals surface area (Å²) >= 11 is 0. The van der Waals surface area contributed by atoms with Crippen LogP contribution in [0.25, 0.3) is 11.4 Å². The van der Waals surface area contributed by atoms with Crippen LogP contribution in [0.3, 0.4) is 0 Å². The summed E-state index contributed by atoms with van der Waals surface area (Å²) < 4.78 is 17.2. The van der Waals surface area contributed by atoms with Gasteiger partial charge in [-0.1, -0.05) is 17.3 Å². The number of carbonyl (C=O) groups is 1. The average molecular weight is 313 g/mol. The first kappa shape index (κ1) is 14.8. The lowest BCUT2D eigenvalue weighted by Crippen LogP contribution is -2.09. The van der Waals surface area contributed by atoms with E-state index in [9.17, 15) is 4.79 Å². The van der Waals surface area contributed by atoms with Gasteiger partial charge in [-0.25, -0.2) is 4.79 Å². The number of hydrogen-bond donors (Lipinski definition) is 0. The highest BCUT2D eigenvalue weighted by Crippen LogP contribution is 2.27. The number of hydrogen-bond acceptors (Lipinski definition) is 6. The Morgan fingerprint density at radius 1 is 1.26 bits per heavy atom. The maximum Gasteiger partial charge on any atom is 0.355 e. The molecular weight excluding hydrogens is 298 g/mol. The van der Waals surface area contributed by atoms with Crippen LogP contribution in [0, 0.1) is 0 Å². The first-order valence-corrected chi connectivity index (χ1v) is 6.93. The van der Waals surface area contributed by atoms with Crippen molar-refractivity contribution >= 4 is 5.97 Å². The molecule has 3 aromatic rings. The van der Waals surface area contributed by atoms with Crippen molar-refractivity contribution in [1.29, 1.82) is 0 Å². The first-order chi connectivity index (χ1) is 11.2.